The first-order chi connectivity index (χ1) is 8.69. The Labute approximate surface area is 117 Å². The molecule has 7 heteroatoms. The zero-order valence-corrected chi connectivity index (χ0v) is 11.9. The molecule has 1 aliphatic heterocycles. The van der Waals surface area contributed by atoms with Crippen molar-refractivity contribution in [2.75, 3.05) is 25.0 Å². The summed E-state index contributed by atoms with van der Waals surface area (Å²) in [5.74, 6) is 0.533. The molecule has 0 unspecified atom stereocenters. The minimum atomic E-state index is 0.116. The summed E-state index contributed by atoms with van der Waals surface area (Å²) in [5.41, 5.74) is 0. The van der Waals surface area contributed by atoms with Crippen LogP contribution >= 0.6 is 23.2 Å². The first-order valence-corrected chi connectivity index (χ1v) is 6.99. The minimum Gasteiger partial charge on any atom is -0.365 e. The lowest BCUT2D eigenvalue weighted by molar-refractivity contribution is 0.219. The number of halogens is 2. The van der Waals surface area contributed by atoms with Gasteiger partial charge < -0.3 is 10.2 Å². The normalized spacial score (nSPS) is 17.9. The maximum absolute atomic E-state index is 5.93. The van der Waals surface area contributed by atoms with E-state index in [9.17, 15) is 0 Å². The van der Waals surface area contributed by atoms with Crippen LogP contribution in [0.3, 0.4) is 0 Å². The van der Waals surface area contributed by atoms with Gasteiger partial charge in [0.1, 0.15) is 0 Å². The average molecular weight is 290 g/mol. The largest absolute Gasteiger partial charge is 0.365 e. The Morgan fingerprint density at radius 2 is 2.00 bits per heavy atom. The van der Waals surface area contributed by atoms with Crippen LogP contribution in [0.15, 0.2) is 0 Å². The Morgan fingerprint density at radius 3 is 2.67 bits per heavy atom. The molecular weight excluding hydrogens is 273 g/mol. The van der Waals surface area contributed by atoms with Crippen LogP contribution in [0.2, 0.25) is 10.4 Å². The third kappa shape index (κ3) is 3.67. The zero-order valence-electron chi connectivity index (χ0n) is 10.4. The standard InChI is InChI=1S/C11H17Cl2N5/c1-2-5-18-6-3-8(4-7-18)14-10-9(12)16-17-11(13)15-10/h8H,2-7H2,1H3,(H,14,15,17). The van der Waals surface area contributed by atoms with E-state index in [1.54, 1.807) is 0 Å². The lowest BCUT2D eigenvalue weighted by Gasteiger charge is -2.32. The van der Waals surface area contributed by atoms with E-state index >= 15 is 0 Å². The quantitative estimate of drug-likeness (QED) is 0.923. The first kappa shape index (κ1) is 13.8. The predicted octanol–water partition coefficient (Wildman–Crippen LogP) is 2.46. The molecular formula is C11H17Cl2N5. The van der Waals surface area contributed by atoms with Crippen LogP contribution in [0, 0.1) is 0 Å². The lowest BCUT2D eigenvalue weighted by Crippen LogP contribution is -2.39. The van der Waals surface area contributed by atoms with Crippen molar-refractivity contribution in [1.29, 1.82) is 0 Å². The molecule has 18 heavy (non-hydrogen) atoms. The molecule has 5 nitrogen and oxygen atoms in total. The molecule has 0 spiro atoms. The summed E-state index contributed by atoms with van der Waals surface area (Å²) in [5, 5.41) is 11.0. The third-order valence-electron chi connectivity index (χ3n) is 3.09. The zero-order chi connectivity index (χ0) is 13.0. The van der Waals surface area contributed by atoms with E-state index in [1.165, 1.54) is 13.0 Å². The highest BCUT2D eigenvalue weighted by Gasteiger charge is 2.20. The SMILES string of the molecule is CCCN1CCC(Nc2nc(Cl)nnc2Cl)CC1. The van der Waals surface area contributed by atoms with Crippen molar-refractivity contribution in [3.05, 3.63) is 10.4 Å². The molecule has 0 aromatic carbocycles. The Balaban J connectivity index is 1.89. The van der Waals surface area contributed by atoms with Crippen LogP contribution in [0.1, 0.15) is 26.2 Å². The van der Waals surface area contributed by atoms with Crippen molar-refractivity contribution in [3.8, 4) is 0 Å². The Bertz CT molecular complexity index is 393. The maximum Gasteiger partial charge on any atom is 0.245 e. The minimum absolute atomic E-state index is 0.116. The van der Waals surface area contributed by atoms with Gasteiger partial charge in [-0.15, -0.1) is 10.2 Å². The Hall–Kier alpha value is -0.650. The van der Waals surface area contributed by atoms with E-state index < -0.39 is 0 Å². The van der Waals surface area contributed by atoms with Gasteiger partial charge in [-0.25, -0.2) is 0 Å². The van der Waals surface area contributed by atoms with Gasteiger partial charge in [-0.3, -0.25) is 0 Å². The van der Waals surface area contributed by atoms with Crippen LogP contribution in [-0.4, -0.2) is 45.8 Å². The van der Waals surface area contributed by atoms with Gasteiger partial charge in [0.15, 0.2) is 11.0 Å². The molecule has 0 radical (unpaired) electrons. The number of nitrogens with zero attached hydrogens (tertiary/aromatic N) is 4. The number of nitrogens with one attached hydrogen (secondary N) is 1. The molecule has 1 saturated heterocycles. The molecule has 0 saturated carbocycles. The van der Waals surface area contributed by atoms with Crippen molar-refractivity contribution < 1.29 is 0 Å². The molecule has 2 rings (SSSR count). The van der Waals surface area contributed by atoms with Crippen LogP contribution in [0.5, 0.6) is 0 Å². The van der Waals surface area contributed by atoms with E-state index in [-0.39, 0.29) is 10.4 Å². The van der Waals surface area contributed by atoms with Gasteiger partial charge in [-0.2, -0.15) is 4.98 Å². The molecule has 1 aromatic heterocycles. The van der Waals surface area contributed by atoms with Gasteiger partial charge in [0.05, 0.1) is 0 Å². The number of anilines is 1. The van der Waals surface area contributed by atoms with Crippen LogP contribution in [0.4, 0.5) is 5.82 Å². The summed E-state index contributed by atoms with van der Waals surface area (Å²) in [4.78, 5) is 6.53. The summed E-state index contributed by atoms with van der Waals surface area (Å²) in [7, 11) is 0. The fraction of sp³-hybridized carbons (Fsp3) is 0.727. The Morgan fingerprint density at radius 1 is 1.28 bits per heavy atom. The number of aromatic nitrogens is 3. The molecule has 1 N–H and O–H groups in total. The van der Waals surface area contributed by atoms with E-state index in [1.807, 2.05) is 0 Å². The Kier molecular flexibility index (Phi) is 4.97. The fourth-order valence-electron chi connectivity index (χ4n) is 2.20. The number of rotatable bonds is 4. The van der Waals surface area contributed by atoms with Gasteiger partial charge in [0.25, 0.3) is 0 Å². The van der Waals surface area contributed by atoms with Gasteiger partial charge in [0.2, 0.25) is 5.28 Å². The highest BCUT2D eigenvalue weighted by atomic mass is 35.5. The van der Waals surface area contributed by atoms with E-state index in [4.69, 9.17) is 23.2 Å². The van der Waals surface area contributed by atoms with Crippen LogP contribution < -0.4 is 5.32 Å². The molecule has 0 aliphatic carbocycles. The third-order valence-corrected chi connectivity index (χ3v) is 3.50. The number of hydrogen-bond donors (Lipinski definition) is 1. The van der Waals surface area contributed by atoms with Crippen LogP contribution in [0.25, 0.3) is 0 Å². The van der Waals surface area contributed by atoms with Crippen molar-refractivity contribution in [2.45, 2.75) is 32.2 Å². The maximum atomic E-state index is 5.93. The molecule has 1 aliphatic rings. The van der Waals surface area contributed by atoms with Gasteiger partial charge in [0, 0.05) is 19.1 Å². The van der Waals surface area contributed by atoms with Crippen molar-refractivity contribution in [1.82, 2.24) is 20.1 Å². The van der Waals surface area contributed by atoms with Gasteiger partial charge >= 0.3 is 0 Å². The summed E-state index contributed by atoms with van der Waals surface area (Å²) in [6, 6.07) is 0.378. The van der Waals surface area contributed by atoms with Crippen molar-refractivity contribution in [3.63, 3.8) is 0 Å². The number of hydrogen-bond acceptors (Lipinski definition) is 5. The monoisotopic (exact) mass is 289 g/mol. The van der Waals surface area contributed by atoms with E-state index in [0.717, 1.165) is 25.9 Å². The fourth-order valence-corrected chi connectivity index (χ4v) is 2.45. The summed E-state index contributed by atoms with van der Waals surface area (Å²) in [6.45, 7) is 5.60. The van der Waals surface area contributed by atoms with Crippen molar-refractivity contribution >= 4 is 29.0 Å². The molecule has 1 fully saturated rings. The molecule has 0 atom stereocenters. The summed E-state index contributed by atoms with van der Waals surface area (Å²) >= 11 is 11.6. The molecule has 100 valence electrons. The number of likely N-dealkylation sites (tertiary alicyclic amines) is 1. The topological polar surface area (TPSA) is 53.9 Å². The summed E-state index contributed by atoms with van der Waals surface area (Å²) in [6.07, 6.45) is 3.37. The average Bonchev–Trinajstić information content (AvgIpc) is 2.37. The van der Waals surface area contributed by atoms with Gasteiger partial charge in [-0.1, -0.05) is 18.5 Å². The van der Waals surface area contributed by atoms with Gasteiger partial charge in [-0.05, 0) is 37.4 Å². The molecule has 0 amide bonds. The first-order valence-electron chi connectivity index (χ1n) is 6.23. The molecule has 0 bridgehead atoms. The number of piperidine rings is 1. The lowest BCUT2D eigenvalue weighted by atomic mass is 10.1. The second kappa shape index (κ2) is 6.50. The second-order valence-corrected chi connectivity index (χ2v) is 5.18. The highest BCUT2D eigenvalue weighted by Crippen LogP contribution is 2.21. The summed E-state index contributed by atoms with van der Waals surface area (Å²) < 4.78 is 0. The van der Waals surface area contributed by atoms with Crippen molar-refractivity contribution in [2.24, 2.45) is 0 Å². The van der Waals surface area contributed by atoms with E-state index in [2.05, 4.69) is 32.3 Å². The van der Waals surface area contributed by atoms with E-state index in [0.29, 0.717) is 11.9 Å². The van der Waals surface area contributed by atoms with Crippen LogP contribution in [-0.2, 0) is 0 Å². The molecule has 1 aromatic rings. The second-order valence-electron chi connectivity index (χ2n) is 4.48. The predicted molar refractivity (Wildman–Crippen MR) is 73.2 cm³/mol. The smallest absolute Gasteiger partial charge is 0.245 e. The molecule has 2 heterocycles. The highest BCUT2D eigenvalue weighted by molar-refractivity contribution is 6.32.